The van der Waals surface area contributed by atoms with E-state index in [4.69, 9.17) is 33.0 Å². The molecule has 1 fully saturated rings. The summed E-state index contributed by atoms with van der Waals surface area (Å²) in [6, 6.07) is 13.1. The monoisotopic (exact) mass is 677 g/mol. The van der Waals surface area contributed by atoms with E-state index in [9.17, 15) is 18.3 Å². The van der Waals surface area contributed by atoms with E-state index in [0.717, 1.165) is 53.9 Å². The number of hydrogen-bond donors (Lipinski definition) is 2. The summed E-state index contributed by atoms with van der Waals surface area (Å²) in [4.78, 5) is 14.4. The molecule has 1 aromatic heterocycles. The van der Waals surface area contributed by atoms with Gasteiger partial charge in [-0.15, -0.1) is 0 Å². The van der Waals surface area contributed by atoms with Crippen LogP contribution in [0.4, 0.5) is 4.79 Å². The third-order valence-corrected chi connectivity index (χ3v) is 9.96. The van der Waals surface area contributed by atoms with Crippen molar-refractivity contribution in [2.24, 2.45) is 0 Å². The van der Waals surface area contributed by atoms with E-state index in [0.29, 0.717) is 35.2 Å². The molecule has 244 valence electrons. The molecule has 0 bridgehead atoms. The number of rotatable bonds is 8. The third-order valence-electron chi connectivity index (χ3n) is 8.12. The molecule has 2 aliphatic heterocycles. The minimum absolute atomic E-state index is 0.0314. The van der Waals surface area contributed by atoms with Crippen LogP contribution in [0.25, 0.3) is 22.4 Å². The van der Waals surface area contributed by atoms with Gasteiger partial charge in [0.15, 0.2) is 0 Å². The minimum atomic E-state index is -3.41. The highest BCUT2D eigenvalue weighted by Gasteiger charge is 2.31. The SMILES string of the molecule is CC(C)(C)OC(=O)NC1CCN(CC(O)Cn2nc(-c3ccc(Cl)c(-c4ccc(Cl)cc4)c3)c3c2CCN(S(C)(=O)=O)C3)CC1. The van der Waals surface area contributed by atoms with Crippen LogP contribution >= 0.6 is 23.2 Å². The van der Waals surface area contributed by atoms with Crippen molar-refractivity contribution < 1.29 is 23.1 Å². The molecule has 2 aromatic carbocycles. The van der Waals surface area contributed by atoms with Gasteiger partial charge in [-0.2, -0.15) is 9.40 Å². The van der Waals surface area contributed by atoms with Gasteiger partial charge in [0.2, 0.25) is 10.0 Å². The third kappa shape index (κ3) is 8.58. The quantitative estimate of drug-likeness (QED) is 0.337. The number of aliphatic hydroxyl groups is 1. The summed E-state index contributed by atoms with van der Waals surface area (Å²) < 4.78 is 33.7. The van der Waals surface area contributed by atoms with Gasteiger partial charge in [0.05, 0.1) is 24.6 Å². The van der Waals surface area contributed by atoms with Crippen LogP contribution in [-0.2, 0) is 34.3 Å². The number of hydrogen-bond acceptors (Lipinski definition) is 7. The van der Waals surface area contributed by atoms with Crippen LogP contribution < -0.4 is 5.32 Å². The smallest absolute Gasteiger partial charge is 0.407 e. The number of benzene rings is 2. The number of β-amino-alcohol motifs (C(OH)–C–C–N with tert-alkyl or cyclic N) is 1. The first-order valence-electron chi connectivity index (χ1n) is 15.2. The highest BCUT2D eigenvalue weighted by atomic mass is 35.5. The summed E-state index contributed by atoms with van der Waals surface area (Å²) in [5.74, 6) is 0. The van der Waals surface area contributed by atoms with Crippen LogP contribution in [0.2, 0.25) is 10.0 Å². The fourth-order valence-corrected chi connectivity index (χ4v) is 7.08. The Labute approximate surface area is 275 Å². The van der Waals surface area contributed by atoms with Crippen molar-refractivity contribution in [3.63, 3.8) is 0 Å². The van der Waals surface area contributed by atoms with Crippen molar-refractivity contribution in [1.82, 2.24) is 24.3 Å². The Morgan fingerprint density at radius 2 is 1.73 bits per heavy atom. The van der Waals surface area contributed by atoms with Gasteiger partial charge in [-0.3, -0.25) is 4.68 Å². The maximum atomic E-state index is 12.5. The Balaban J connectivity index is 1.33. The fraction of sp³-hybridized carbons (Fsp3) is 0.500. The van der Waals surface area contributed by atoms with Crippen LogP contribution in [0.1, 0.15) is 44.9 Å². The zero-order valence-electron chi connectivity index (χ0n) is 26.1. The van der Waals surface area contributed by atoms with Crippen molar-refractivity contribution in [1.29, 1.82) is 0 Å². The Bertz CT molecular complexity index is 1630. The van der Waals surface area contributed by atoms with Crippen molar-refractivity contribution >= 4 is 39.3 Å². The van der Waals surface area contributed by atoms with E-state index in [-0.39, 0.29) is 19.1 Å². The molecule has 5 rings (SSSR count). The average Bonchev–Trinajstić information content (AvgIpc) is 3.31. The van der Waals surface area contributed by atoms with Crippen LogP contribution in [0.5, 0.6) is 0 Å². The Morgan fingerprint density at radius 3 is 2.38 bits per heavy atom. The second kappa shape index (κ2) is 13.6. The molecule has 45 heavy (non-hydrogen) atoms. The number of carbonyl (C=O) groups excluding carboxylic acids is 1. The number of likely N-dealkylation sites (tertiary alicyclic amines) is 1. The molecule has 0 aliphatic carbocycles. The molecule has 0 radical (unpaired) electrons. The molecule has 13 heteroatoms. The second-order valence-electron chi connectivity index (χ2n) is 12.9. The lowest BCUT2D eigenvalue weighted by atomic mass is 9.98. The van der Waals surface area contributed by atoms with Gasteiger partial charge in [-0.25, -0.2) is 13.2 Å². The number of fused-ring (bicyclic) bond motifs is 1. The molecular formula is C32H41Cl2N5O5S. The van der Waals surface area contributed by atoms with Gasteiger partial charge in [0, 0.05) is 77.6 Å². The predicted octanol–water partition coefficient (Wildman–Crippen LogP) is 5.19. The molecule has 3 aromatic rings. The maximum absolute atomic E-state index is 12.5. The number of alkyl carbamates (subject to hydrolysis) is 1. The Kier molecular flexibility index (Phi) is 10.2. The van der Waals surface area contributed by atoms with E-state index < -0.39 is 27.8 Å². The van der Waals surface area contributed by atoms with E-state index in [1.807, 2.05) is 67.9 Å². The van der Waals surface area contributed by atoms with E-state index in [2.05, 4.69) is 10.2 Å². The zero-order chi connectivity index (χ0) is 32.5. The molecule has 0 spiro atoms. The van der Waals surface area contributed by atoms with Crippen LogP contribution in [0.3, 0.4) is 0 Å². The van der Waals surface area contributed by atoms with Crippen molar-refractivity contribution in [2.45, 2.75) is 70.9 Å². The number of aromatic nitrogens is 2. The first-order valence-corrected chi connectivity index (χ1v) is 17.8. The Morgan fingerprint density at radius 1 is 1.07 bits per heavy atom. The summed E-state index contributed by atoms with van der Waals surface area (Å²) in [6.07, 6.45) is 2.14. The number of halogens is 2. The van der Waals surface area contributed by atoms with Crippen LogP contribution in [0.15, 0.2) is 42.5 Å². The fourth-order valence-electron chi connectivity index (χ4n) is 5.94. The van der Waals surface area contributed by atoms with Gasteiger partial charge in [-0.05, 0) is 63.4 Å². The lowest BCUT2D eigenvalue weighted by Crippen LogP contribution is -2.48. The number of piperidine rings is 1. The number of nitrogens with one attached hydrogen (secondary N) is 1. The molecule has 3 heterocycles. The zero-order valence-corrected chi connectivity index (χ0v) is 28.4. The first kappa shape index (κ1) is 33.7. The topological polar surface area (TPSA) is 117 Å². The Hall–Kier alpha value is -2.67. The van der Waals surface area contributed by atoms with Crippen molar-refractivity contribution in [2.75, 3.05) is 32.4 Å². The maximum Gasteiger partial charge on any atom is 0.407 e. The van der Waals surface area contributed by atoms with Crippen molar-refractivity contribution in [3.05, 3.63) is 63.8 Å². The lowest BCUT2D eigenvalue weighted by molar-refractivity contribution is 0.0450. The first-order chi connectivity index (χ1) is 21.2. The van der Waals surface area contributed by atoms with Gasteiger partial charge >= 0.3 is 6.09 Å². The molecule has 2 aliphatic rings. The van der Waals surface area contributed by atoms with Crippen molar-refractivity contribution in [3.8, 4) is 22.4 Å². The summed E-state index contributed by atoms with van der Waals surface area (Å²) in [7, 11) is -3.41. The van der Waals surface area contributed by atoms with E-state index in [1.165, 1.54) is 10.6 Å². The summed E-state index contributed by atoms with van der Waals surface area (Å²) >= 11 is 12.7. The normalized spacial score (nSPS) is 17.6. The number of ether oxygens (including phenoxy) is 1. The number of sulfonamides is 1. The van der Waals surface area contributed by atoms with Crippen LogP contribution in [0, 0.1) is 0 Å². The minimum Gasteiger partial charge on any atom is -0.444 e. The molecule has 10 nitrogen and oxygen atoms in total. The summed E-state index contributed by atoms with van der Waals surface area (Å²) in [6.45, 7) is 8.28. The highest BCUT2D eigenvalue weighted by molar-refractivity contribution is 7.88. The molecule has 1 atom stereocenters. The van der Waals surface area contributed by atoms with E-state index in [1.54, 1.807) is 0 Å². The molecule has 1 saturated heterocycles. The number of nitrogens with zero attached hydrogens (tertiary/aromatic N) is 4. The van der Waals surface area contributed by atoms with Gasteiger partial charge in [0.1, 0.15) is 5.60 Å². The number of amides is 1. The molecule has 0 saturated carbocycles. The molecule has 2 N–H and O–H groups in total. The van der Waals surface area contributed by atoms with E-state index >= 15 is 0 Å². The second-order valence-corrected chi connectivity index (χ2v) is 15.7. The molecule has 1 unspecified atom stereocenters. The summed E-state index contributed by atoms with van der Waals surface area (Å²) in [5.41, 5.74) is 4.41. The largest absolute Gasteiger partial charge is 0.444 e. The predicted molar refractivity (Wildman–Crippen MR) is 177 cm³/mol. The number of aliphatic hydroxyl groups excluding tert-OH is 1. The van der Waals surface area contributed by atoms with Gasteiger partial charge in [0.25, 0.3) is 0 Å². The average molecular weight is 679 g/mol. The standard InChI is InChI=1S/C32H41Cl2N5O5S/c1-32(2,3)44-31(41)35-24-11-14-37(15-12-24)18-25(40)19-39-29-13-16-38(45(4,42)43)20-27(29)30(36-39)22-7-10-28(34)26(17-22)21-5-8-23(33)9-6-21/h5-10,17,24-25,40H,11-16,18-20H2,1-4H3,(H,35,41). The molecule has 1 amide bonds. The highest BCUT2D eigenvalue weighted by Crippen LogP contribution is 2.36. The lowest BCUT2D eigenvalue weighted by Gasteiger charge is -2.34. The number of carbonyl (C=O) groups is 1. The summed E-state index contributed by atoms with van der Waals surface area (Å²) in [5, 5.41) is 20.3. The van der Waals surface area contributed by atoms with Crippen LogP contribution in [-0.4, -0.2) is 88.8 Å². The van der Waals surface area contributed by atoms with Gasteiger partial charge in [-0.1, -0.05) is 41.4 Å². The molecular weight excluding hydrogens is 637 g/mol. The van der Waals surface area contributed by atoms with Gasteiger partial charge < -0.3 is 20.1 Å².